The summed E-state index contributed by atoms with van der Waals surface area (Å²) in [4.78, 5) is 34.6. The maximum absolute atomic E-state index is 11.7. The van der Waals surface area contributed by atoms with Gasteiger partial charge in [-0.3, -0.25) is 14.4 Å². The Hall–Kier alpha value is -2.49. The van der Waals surface area contributed by atoms with Crippen molar-refractivity contribution < 1.29 is 42.8 Å². The SMILES string of the molecule is CO[C@@H]1O[C@H](COC(C)=O)[C@H](OC(C)=O)[C@H](OC(C)=O)[C@H]1OCc1ccccc1. The monoisotopic (exact) mass is 410 g/mol. The molecule has 0 spiro atoms. The third-order valence-corrected chi connectivity index (χ3v) is 4.16. The third kappa shape index (κ3) is 6.81. The van der Waals surface area contributed by atoms with E-state index in [4.69, 9.17) is 28.4 Å². The number of benzene rings is 1. The molecule has 160 valence electrons. The molecule has 0 aliphatic carbocycles. The van der Waals surface area contributed by atoms with E-state index in [1.54, 1.807) is 0 Å². The minimum atomic E-state index is -1.05. The number of ether oxygens (including phenoxy) is 6. The van der Waals surface area contributed by atoms with Gasteiger partial charge in [-0.15, -0.1) is 0 Å². The van der Waals surface area contributed by atoms with Crippen molar-refractivity contribution in [2.24, 2.45) is 0 Å². The summed E-state index contributed by atoms with van der Waals surface area (Å²) in [7, 11) is 1.41. The molecule has 0 radical (unpaired) electrons. The van der Waals surface area contributed by atoms with Crippen LogP contribution in [0.2, 0.25) is 0 Å². The molecule has 1 aliphatic heterocycles. The van der Waals surface area contributed by atoms with Crippen molar-refractivity contribution in [3.05, 3.63) is 35.9 Å². The smallest absolute Gasteiger partial charge is 0.303 e. The highest BCUT2D eigenvalue weighted by molar-refractivity contribution is 5.67. The quantitative estimate of drug-likeness (QED) is 0.464. The Bertz CT molecular complexity index is 690. The third-order valence-electron chi connectivity index (χ3n) is 4.16. The Labute approximate surface area is 169 Å². The van der Waals surface area contributed by atoms with E-state index in [1.807, 2.05) is 30.3 Å². The number of methoxy groups -OCH3 is 1. The normalized spacial score (nSPS) is 26.4. The molecular weight excluding hydrogens is 384 g/mol. The maximum atomic E-state index is 11.7. The Morgan fingerprint density at radius 1 is 0.897 bits per heavy atom. The van der Waals surface area contributed by atoms with Crippen LogP contribution in [0, 0.1) is 0 Å². The summed E-state index contributed by atoms with van der Waals surface area (Å²) in [6, 6.07) is 9.36. The molecule has 0 N–H and O–H groups in total. The topological polar surface area (TPSA) is 107 Å². The van der Waals surface area contributed by atoms with E-state index in [0.29, 0.717) is 0 Å². The number of hydrogen-bond acceptors (Lipinski definition) is 9. The highest BCUT2D eigenvalue weighted by atomic mass is 16.7. The van der Waals surface area contributed by atoms with Crippen molar-refractivity contribution in [3.63, 3.8) is 0 Å². The number of esters is 3. The summed E-state index contributed by atoms with van der Waals surface area (Å²) in [6.45, 7) is 3.67. The van der Waals surface area contributed by atoms with Crippen molar-refractivity contribution in [3.8, 4) is 0 Å². The molecule has 0 unspecified atom stereocenters. The second-order valence-electron chi connectivity index (χ2n) is 6.49. The predicted molar refractivity (Wildman–Crippen MR) is 98.4 cm³/mol. The second-order valence-corrected chi connectivity index (χ2v) is 6.49. The van der Waals surface area contributed by atoms with Crippen LogP contribution in [0.25, 0.3) is 0 Å². The molecule has 2 rings (SSSR count). The summed E-state index contributed by atoms with van der Waals surface area (Å²) in [5.41, 5.74) is 0.884. The van der Waals surface area contributed by atoms with Crippen LogP contribution in [0.15, 0.2) is 30.3 Å². The van der Waals surface area contributed by atoms with Gasteiger partial charge in [0.05, 0.1) is 6.61 Å². The summed E-state index contributed by atoms with van der Waals surface area (Å²) in [6.07, 6.45) is -4.83. The fourth-order valence-electron chi connectivity index (χ4n) is 3.00. The van der Waals surface area contributed by atoms with Gasteiger partial charge in [0.15, 0.2) is 18.5 Å². The lowest BCUT2D eigenvalue weighted by atomic mass is 9.98. The van der Waals surface area contributed by atoms with Crippen LogP contribution in [0.3, 0.4) is 0 Å². The molecule has 1 heterocycles. The number of carbonyl (C=O) groups excluding carboxylic acids is 3. The first kappa shape index (κ1) is 22.8. The molecule has 0 saturated carbocycles. The molecule has 9 nitrogen and oxygen atoms in total. The van der Waals surface area contributed by atoms with E-state index >= 15 is 0 Å². The molecule has 0 amide bonds. The van der Waals surface area contributed by atoms with Crippen molar-refractivity contribution >= 4 is 17.9 Å². The number of carbonyl (C=O) groups is 3. The van der Waals surface area contributed by atoms with Crippen LogP contribution < -0.4 is 0 Å². The summed E-state index contributed by atoms with van der Waals surface area (Å²) < 4.78 is 32.9. The molecule has 0 bridgehead atoms. The fourth-order valence-corrected chi connectivity index (χ4v) is 3.00. The van der Waals surface area contributed by atoms with Crippen molar-refractivity contribution in [1.82, 2.24) is 0 Å². The second kappa shape index (κ2) is 10.9. The number of hydrogen-bond donors (Lipinski definition) is 0. The summed E-state index contributed by atoms with van der Waals surface area (Å²) in [5.74, 6) is -1.74. The van der Waals surface area contributed by atoms with E-state index in [-0.39, 0.29) is 13.2 Å². The molecule has 1 fully saturated rings. The zero-order valence-electron chi connectivity index (χ0n) is 16.9. The van der Waals surface area contributed by atoms with Gasteiger partial charge in [-0.05, 0) is 5.56 Å². The van der Waals surface area contributed by atoms with Crippen LogP contribution in [0.4, 0.5) is 0 Å². The zero-order chi connectivity index (χ0) is 21.4. The Morgan fingerprint density at radius 2 is 1.52 bits per heavy atom. The molecule has 1 aromatic rings. The molecule has 0 aromatic heterocycles. The van der Waals surface area contributed by atoms with E-state index in [0.717, 1.165) is 5.56 Å². The Balaban J connectivity index is 2.28. The van der Waals surface area contributed by atoms with E-state index in [1.165, 1.54) is 27.9 Å². The van der Waals surface area contributed by atoms with Gasteiger partial charge < -0.3 is 28.4 Å². The van der Waals surface area contributed by atoms with E-state index in [9.17, 15) is 14.4 Å². The maximum Gasteiger partial charge on any atom is 0.303 e. The minimum Gasteiger partial charge on any atom is -0.463 e. The molecule has 9 heteroatoms. The van der Waals surface area contributed by atoms with Gasteiger partial charge in [0.25, 0.3) is 0 Å². The van der Waals surface area contributed by atoms with E-state index in [2.05, 4.69) is 0 Å². The average molecular weight is 410 g/mol. The van der Waals surface area contributed by atoms with Gasteiger partial charge in [0.2, 0.25) is 0 Å². The van der Waals surface area contributed by atoms with Crippen LogP contribution in [-0.4, -0.2) is 62.3 Å². The van der Waals surface area contributed by atoms with Crippen molar-refractivity contribution in [2.45, 2.75) is 58.1 Å². The first-order chi connectivity index (χ1) is 13.8. The lowest BCUT2D eigenvalue weighted by molar-refractivity contribution is -0.309. The van der Waals surface area contributed by atoms with Gasteiger partial charge in [0.1, 0.15) is 18.8 Å². The van der Waals surface area contributed by atoms with Crippen molar-refractivity contribution in [1.29, 1.82) is 0 Å². The summed E-state index contributed by atoms with van der Waals surface area (Å²) >= 11 is 0. The fraction of sp³-hybridized carbons (Fsp3) is 0.550. The van der Waals surface area contributed by atoms with Crippen LogP contribution in [0.1, 0.15) is 26.3 Å². The summed E-state index contributed by atoms with van der Waals surface area (Å²) in [5, 5.41) is 0. The molecule has 1 aliphatic rings. The minimum absolute atomic E-state index is 0.188. The van der Waals surface area contributed by atoms with Crippen molar-refractivity contribution in [2.75, 3.05) is 13.7 Å². The van der Waals surface area contributed by atoms with Gasteiger partial charge in [-0.25, -0.2) is 0 Å². The first-order valence-corrected chi connectivity index (χ1v) is 9.13. The largest absolute Gasteiger partial charge is 0.463 e. The van der Waals surface area contributed by atoms with Crippen LogP contribution >= 0.6 is 0 Å². The molecule has 29 heavy (non-hydrogen) atoms. The van der Waals surface area contributed by atoms with Gasteiger partial charge >= 0.3 is 17.9 Å². The Morgan fingerprint density at radius 3 is 2.07 bits per heavy atom. The molecule has 1 aromatic carbocycles. The van der Waals surface area contributed by atoms with Gasteiger partial charge in [0, 0.05) is 27.9 Å². The predicted octanol–water partition coefficient (Wildman–Crippen LogP) is 1.37. The lowest BCUT2D eigenvalue weighted by Gasteiger charge is -2.44. The molecule has 1 saturated heterocycles. The van der Waals surface area contributed by atoms with Crippen LogP contribution in [0.5, 0.6) is 0 Å². The highest BCUT2D eigenvalue weighted by Gasteiger charge is 2.51. The zero-order valence-corrected chi connectivity index (χ0v) is 16.9. The van der Waals surface area contributed by atoms with Gasteiger partial charge in [-0.1, -0.05) is 30.3 Å². The molecule has 5 atom stereocenters. The van der Waals surface area contributed by atoms with Crippen LogP contribution in [-0.2, 0) is 49.4 Å². The van der Waals surface area contributed by atoms with Gasteiger partial charge in [-0.2, -0.15) is 0 Å². The first-order valence-electron chi connectivity index (χ1n) is 9.13. The average Bonchev–Trinajstić information content (AvgIpc) is 2.67. The Kier molecular flexibility index (Phi) is 8.56. The lowest BCUT2D eigenvalue weighted by Crippen LogP contribution is -2.62. The van der Waals surface area contributed by atoms with E-state index < -0.39 is 48.6 Å². The number of rotatable bonds is 8. The molecular formula is C20H26O9. The highest BCUT2D eigenvalue weighted by Crippen LogP contribution is 2.30. The standard InChI is InChI=1S/C20H26O9/c1-12(21)25-11-16-17(27-13(2)22)18(28-14(3)23)19(20(24-4)29-16)26-10-15-8-6-5-7-9-15/h5-9,16-20H,10-11H2,1-4H3/t16-,17+,18+,19-,20-/m1/s1.